The molecule has 0 aliphatic carbocycles. The van der Waals surface area contributed by atoms with Crippen molar-refractivity contribution in [2.24, 2.45) is 5.11 Å². The summed E-state index contributed by atoms with van der Waals surface area (Å²) in [6, 6.07) is 20.1. The molecule has 0 spiro atoms. The molecule has 0 radical (unpaired) electrons. The SMILES string of the molecule is [N-]=[N+]=Nc1ccc2cc3c(ccc4ccccc43)nc2c1. The molecule has 0 unspecified atom stereocenters. The Morgan fingerprint density at radius 1 is 0.810 bits per heavy atom. The number of azide groups is 1. The Balaban J connectivity index is 2.12. The van der Waals surface area contributed by atoms with E-state index in [0.29, 0.717) is 5.69 Å². The van der Waals surface area contributed by atoms with E-state index in [0.717, 1.165) is 21.8 Å². The van der Waals surface area contributed by atoms with Crippen LogP contribution in [0, 0.1) is 0 Å². The summed E-state index contributed by atoms with van der Waals surface area (Å²) in [5, 5.41) is 8.20. The first-order valence-electron chi connectivity index (χ1n) is 6.62. The van der Waals surface area contributed by atoms with Crippen molar-refractivity contribution in [1.29, 1.82) is 0 Å². The van der Waals surface area contributed by atoms with Gasteiger partial charge in [0.15, 0.2) is 0 Å². The molecular formula is C17H10N4. The van der Waals surface area contributed by atoms with Gasteiger partial charge in [-0.1, -0.05) is 47.6 Å². The normalized spacial score (nSPS) is 10.9. The van der Waals surface area contributed by atoms with Gasteiger partial charge in [0, 0.05) is 21.4 Å². The van der Waals surface area contributed by atoms with E-state index in [4.69, 9.17) is 5.53 Å². The molecule has 4 heteroatoms. The highest BCUT2D eigenvalue weighted by atomic mass is 15.1. The number of fused-ring (bicyclic) bond motifs is 4. The van der Waals surface area contributed by atoms with Crippen molar-refractivity contribution in [2.45, 2.75) is 0 Å². The van der Waals surface area contributed by atoms with Crippen molar-refractivity contribution in [2.75, 3.05) is 0 Å². The Bertz CT molecular complexity index is 1050. The average molecular weight is 270 g/mol. The van der Waals surface area contributed by atoms with Crippen LogP contribution in [-0.4, -0.2) is 4.98 Å². The lowest BCUT2D eigenvalue weighted by Gasteiger charge is -2.06. The van der Waals surface area contributed by atoms with Gasteiger partial charge in [0.2, 0.25) is 0 Å². The van der Waals surface area contributed by atoms with Crippen molar-refractivity contribution in [3.05, 3.63) is 71.1 Å². The van der Waals surface area contributed by atoms with Gasteiger partial charge >= 0.3 is 0 Å². The van der Waals surface area contributed by atoms with Crippen LogP contribution in [-0.2, 0) is 0 Å². The number of rotatable bonds is 1. The molecule has 4 aromatic rings. The second-order valence-electron chi connectivity index (χ2n) is 4.91. The van der Waals surface area contributed by atoms with Crippen LogP contribution >= 0.6 is 0 Å². The third-order valence-corrected chi connectivity index (χ3v) is 3.66. The molecule has 1 heterocycles. The quantitative estimate of drug-likeness (QED) is 0.148. The zero-order valence-corrected chi connectivity index (χ0v) is 11.1. The molecule has 1 aromatic heterocycles. The molecular weight excluding hydrogens is 260 g/mol. The summed E-state index contributed by atoms with van der Waals surface area (Å²) in [4.78, 5) is 7.50. The fraction of sp³-hybridized carbons (Fsp3) is 0. The summed E-state index contributed by atoms with van der Waals surface area (Å²) >= 11 is 0. The van der Waals surface area contributed by atoms with E-state index in [1.54, 1.807) is 6.07 Å². The lowest BCUT2D eigenvalue weighted by molar-refractivity contribution is 1.45. The molecule has 4 rings (SSSR count). The van der Waals surface area contributed by atoms with Crippen molar-refractivity contribution in [3.63, 3.8) is 0 Å². The molecule has 0 atom stereocenters. The standard InChI is InChI=1S/C17H10N4/c18-21-20-13-7-5-12-9-15-14-4-2-1-3-11(14)6-8-16(15)19-17(12)10-13/h1-10H. The summed E-state index contributed by atoms with van der Waals surface area (Å²) in [6.07, 6.45) is 0. The van der Waals surface area contributed by atoms with E-state index < -0.39 is 0 Å². The Kier molecular flexibility index (Phi) is 2.49. The molecule has 0 fully saturated rings. The van der Waals surface area contributed by atoms with Gasteiger partial charge in [-0.05, 0) is 34.5 Å². The van der Waals surface area contributed by atoms with Gasteiger partial charge in [-0.25, -0.2) is 4.98 Å². The maximum atomic E-state index is 8.52. The second kappa shape index (κ2) is 4.47. The highest BCUT2D eigenvalue weighted by molar-refractivity contribution is 6.09. The molecule has 21 heavy (non-hydrogen) atoms. The largest absolute Gasteiger partial charge is 0.248 e. The van der Waals surface area contributed by atoms with Crippen molar-refractivity contribution in [1.82, 2.24) is 4.98 Å². The first kappa shape index (κ1) is 11.7. The second-order valence-corrected chi connectivity index (χ2v) is 4.91. The Morgan fingerprint density at radius 3 is 2.57 bits per heavy atom. The van der Waals surface area contributed by atoms with E-state index in [-0.39, 0.29) is 0 Å². The van der Waals surface area contributed by atoms with Crippen molar-refractivity contribution >= 4 is 38.3 Å². The first-order valence-corrected chi connectivity index (χ1v) is 6.62. The van der Waals surface area contributed by atoms with Gasteiger partial charge < -0.3 is 0 Å². The average Bonchev–Trinajstić information content (AvgIpc) is 2.53. The number of hydrogen-bond donors (Lipinski definition) is 0. The van der Waals surface area contributed by atoms with Crippen LogP contribution in [0.4, 0.5) is 5.69 Å². The highest BCUT2D eigenvalue weighted by Crippen LogP contribution is 2.28. The van der Waals surface area contributed by atoms with Gasteiger partial charge in [-0.15, -0.1) is 0 Å². The van der Waals surface area contributed by atoms with Crippen LogP contribution < -0.4 is 0 Å². The van der Waals surface area contributed by atoms with Crippen molar-refractivity contribution < 1.29 is 0 Å². The molecule has 0 amide bonds. The lowest BCUT2D eigenvalue weighted by atomic mass is 10.0. The monoisotopic (exact) mass is 270 g/mol. The summed E-state index contributed by atoms with van der Waals surface area (Å²) in [5.41, 5.74) is 10.9. The van der Waals surface area contributed by atoms with Crippen LogP contribution in [0.15, 0.2) is 65.8 Å². The minimum atomic E-state index is 0.581. The van der Waals surface area contributed by atoms with E-state index in [1.807, 2.05) is 30.3 Å². The van der Waals surface area contributed by atoms with Gasteiger partial charge in [0.25, 0.3) is 0 Å². The molecule has 0 saturated carbocycles. The third-order valence-electron chi connectivity index (χ3n) is 3.66. The van der Waals surface area contributed by atoms with Crippen LogP contribution in [0.5, 0.6) is 0 Å². The molecule has 0 bridgehead atoms. The maximum absolute atomic E-state index is 8.52. The third kappa shape index (κ3) is 1.86. The van der Waals surface area contributed by atoms with Gasteiger partial charge in [-0.2, -0.15) is 0 Å². The van der Waals surface area contributed by atoms with E-state index in [1.165, 1.54) is 10.8 Å². The molecule has 0 aliphatic rings. The highest BCUT2D eigenvalue weighted by Gasteiger charge is 2.04. The summed E-state index contributed by atoms with van der Waals surface area (Å²) < 4.78 is 0. The number of benzene rings is 3. The smallest absolute Gasteiger partial charge is 0.0716 e. The van der Waals surface area contributed by atoms with Gasteiger partial charge in [0.1, 0.15) is 0 Å². The van der Waals surface area contributed by atoms with E-state index in [2.05, 4.69) is 39.3 Å². The molecule has 3 aromatic carbocycles. The van der Waals surface area contributed by atoms with Crippen molar-refractivity contribution in [3.8, 4) is 0 Å². The predicted molar refractivity (Wildman–Crippen MR) is 85.6 cm³/mol. The maximum Gasteiger partial charge on any atom is 0.0716 e. The number of nitrogens with zero attached hydrogens (tertiary/aromatic N) is 4. The van der Waals surface area contributed by atoms with Crippen LogP contribution in [0.1, 0.15) is 0 Å². The van der Waals surface area contributed by atoms with E-state index in [9.17, 15) is 0 Å². The fourth-order valence-electron chi connectivity index (χ4n) is 2.68. The minimum Gasteiger partial charge on any atom is -0.248 e. The van der Waals surface area contributed by atoms with Crippen LogP contribution in [0.3, 0.4) is 0 Å². The summed E-state index contributed by atoms with van der Waals surface area (Å²) in [5.74, 6) is 0. The molecule has 4 nitrogen and oxygen atoms in total. The zero-order chi connectivity index (χ0) is 14.2. The summed E-state index contributed by atoms with van der Waals surface area (Å²) in [6.45, 7) is 0. The fourth-order valence-corrected chi connectivity index (χ4v) is 2.68. The lowest BCUT2D eigenvalue weighted by Crippen LogP contribution is -1.84. The molecule has 0 N–H and O–H groups in total. The van der Waals surface area contributed by atoms with Crippen LogP contribution in [0.25, 0.3) is 43.0 Å². The number of pyridine rings is 1. The molecule has 0 saturated heterocycles. The molecule has 0 aliphatic heterocycles. The predicted octanol–water partition coefficient (Wildman–Crippen LogP) is 5.48. The molecule has 98 valence electrons. The first-order chi connectivity index (χ1) is 10.3. The Hall–Kier alpha value is -3.10. The Labute approximate surface area is 120 Å². The zero-order valence-electron chi connectivity index (χ0n) is 11.1. The van der Waals surface area contributed by atoms with Crippen LogP contribution in [0.2, 0.25) is 0 Å². The Morgan fingerprint density at radius 2 is 1.67 bits per heavy atom. The number of aromatic nitrogens is 1. The van der Waals surface area contributed by atoms with E-state index >= 15 is 0 Å². The van der Waals surface area contributed by atoms with Gasteiger partial charge in [-0.3, -0.25) is 0 Å². The minimum absolute atomic E-state index is 0.581. The summed E-state index contributed by atoms with van der Waals surface area (Å²) in [7, 11) is 0. The number of hydrogen-bond acceptors (Lipinski definition) is 2. The van der Waals surface area contributed by atoms with Gasteiger partial charge in [0.05, 0.1) is 11.0 Å². The topological polar surface area (TPSA) is 61.7 Å².